The van der Waals surface area contributed by atoms with Crippen molar-refractivity contribution < 1.29 is 9.59 Å². The monoisotopic (exact) mass is 383 g/mol. The third-order valence-corrected chi connectivity index (χ3v) is 7.81. The fourth-order valence-electron chi connectivity index (χ4n) is 6.46. The lowest BCUT2D eigenvalue weighted by Crippen LogP contribution is -2.53. The summed E-state index contributed by atoms with van der Waals surface area (Å²) in [6, 6.07) is -0.375. The van der Waals surface area contributed by atoms with Crippen LogP contribution in [0.3, 0.4) is 0 Å². The highest BCUT2D eigenvalue weighted by Crippen LogP contribution is 2.64. The van der Waals surface area contributed by atoms with E-state index in [4.69, 9.17) is 17.1 Å². The number of carbonyl (C=O) groups excluding carboxylic acids is 2. The van der Waals surface area contributed by atoms with Crippen LogP contribution in [0.1, 0.15) is 45.4 Å². The van der Waals surface area contributed by atoms with Crippen molar-refractivity contribution in [3.63, 3.8) is 0 Å². The molecule has 5 nitrogen and oxygen atoms in total. The lowest BCUT2D eigenvalue weighted by atomic mass is 9.46. The molecule has 3 fully saturated rings. The number of hydrogen-bond donors (Lipinski definition) is 0. The Labute approximate surface area is 163 Å². The Hall–Kier alpha value is -2.02. The van der Waals surface area contributed by atoms with Crippen molar-refractivity contribution in [3.8, 4) is 11.3 Å². The first-order chi connectivity index (χ1) is 13.0. The summed E-state index contributed by atoms with van der Waals surface area (Å²) >= 11 is 5.68. The van der Waals surface area contributed by atoms with E-state index in [1.165, 1.54) is 0 Å². The second kappa shape index (κ2) is 6.55. The zero-order chi connectivity index (χ0) is 19.2. The van der Waals surface area contributed by atoms with Crippen molar-refractivity contribution in [1.82, 2.24) is 0 Å². The number of azide groups is 1. The van der Waals surface area contributed by atoms with Gasteiger partial charge in [0.2, 0.25) is 0 Å². The normalized spacial score (nSPS) is 42.1. The molecule has 0 aromatic rings. The van der Waals surface area contributed by atoms with Gasteiger partial charge in [0.1, 0.15) is 5.78 Å². The van der Waals surface area contributed by atoms with Gasteiger partial charge in [-0.1, -0.05) is 24.0 Å². The molecule has 6 heteroatoms. The van der Waals surface area contributed by atoms with Gasteiger partial charge in [0.05, 0.1) is 6.04 Å². The SMILES string of the molecule is C[C@]12CC[C@H]3[C@@H](C[C@H](N=[N+]=[N-])C4=CC(=O)C=C[C@@]43CC#CCl)[C@@H]1CCC2=O. The van der Waals surface area contributed by atoms with E-state index in [2.05, 4.69) is 28.2 Å². The topological polar surface area (TPSA) is 82.9 Å². The molecule has 0 N–H and O–H groups in total. The summed E-state index contributed by atoms with van der Waals surface area (Å²) in [4.78, 5) is 27.8. The number of halogens is 1. The lowest BCUT2D eigenvalue weighted by Gasteiger charge is -2.57. The molecule has 4 rings (SSSR count). The highest BCUT2D eigenvalue weighted by molar-refractivity contribution is 6.30. The Morgan fingerprint density at radius 1 is 1.37 bits per heavy atom. The molecule has 4 aliphatic carbocycles. The molecule has 0 aliphatic heterocycles. The van der Waals surface area contributed by atoms with Crippen molar-refractivity contribution in [1.29, 1.82) is 0 Å². The van der Waals surface area contributed by atoms with Gasteiger partial charge < -0.3 is 0 Å². The summed E-state index contributed by atoms with van der Waals surface area (Å²) < 4.78 is 0. The Balaban J connectivity index is 1.85. The molecule has 0 bridgehead atoms. The van der Waals surface area contributed by atoms with Crippen LogP contribution in [-0.4, -0.2) is 17.6 Å². The zero-order valence-electron chi connectivity index (χ0n) is 15.3. The first-order valence-corrected chi connectivity index (χ1v) is 9.95. The molecule has 6 atom stereocenters. The number of rotatable bonds is 2. The van der Waals surface area contributed by atoms with Crippen molar-refractivity contribution in [2.24, 2.45) is 33.7 Å². The molecule has 0 radical (unpaired) electrons. The Morgan fingerprint density at radius 3 is 2.93 bits per heavy atom. The van der Waals surface area contributed by atoms with E-state index in [-0.39, 0.29) is 29.1 Å². The first-order valence-electron chi connectivity index (χ1n) is 9.57. The van der Waals surface area contributed by atoms with E-state index in [0.717, 1.165) is 24.8 Å². The molecular weight excluding hydrogens is 362 g/mol. The van der Waals surface area contributed by atoms with Gasteiger partial charge in [-0.25, -0.2) is 0 Å². The van der Waals surface area contributed by atoms with Crippen molar-refractivity contribution in [2.75, 3.05) is 0 Å². The molecule has 3 saturated carbocycles. The predicted molar refractivity (Wildman–Crippen MR) is 103 cm³/mol. The number of allylic oxidation sites excluding steroid dienone is 3. The average molecular weight is 384 g/mol. The van der Waals surface area contributed by atoms with E-state index in [0.29, 0.717) is 31.0 Å². The number of hydrogen-bond acceptors (Lipinski definition) is 3. The highest BCUT2D eigenvalue weighted by atomic mass is 35.5. The molecule has 0 amide bonds. The number of ketones is 2. The van der Waals surface area contributed by atoms with Gasteiger partial charge in [-0.15, -0.1) is 0 Å². The largest absolute Gasteiger partial charge is 0.299 e. The molecule has 0 aromatic carbocycles. The number of Topliss-reactive ketones (excluding diaryl/α,β-unsaturated/α-hetero) is 1. The van der Waals surface area contributed by atoms with E-state index in [1.807, 2.05) is 6.08 Å². The zero-order valence-corrected chi connectivity index (χ0v) is 16.1. The molecular formula is C21H22ClN3O2. The van der Waals surface area contributed by atoms with Crippen LogP contribution < -0.4 is 0 Å². The van der Waals surface area contributed by atoms with E-state index in [1.54, 1.807) is 12.2 Å². The number of carbonyl (C=O) groups is 2. The summed E-state index contributed by atoms with van der Waals surface area (Å²) in [7, 11) is 0. The van der Waals surface area contributed by atoms with Crippen LogP contribution in [0.15, 0.2) is 28.9 Å². The van der Waals surface area contributed by atoms with Crippen LogP contribution in [0.2, 0.25) is 0 Å². The van der Waals surface area contributed by atoms with Gasteiger partial charge in [-0.05, 0) is 78.3 Å². The van der Waals surface area contributed by atoms with Gasteiger partial charge in [-0.3, -0.25) is 9.59 Å². The predicted octanol–water partition coefficient (Wildman–Crippen LogP) is 4.72. The third-order valence-electron chi connectivity index (χ3n) is 7.68. The van der Waals surface area contributed by atoms with Crippen LogP contribution in [0.5, 0.6) is 0 Å². The molecule has 0 aromatic heterocycles. The standard InChI is InChI=1S/C21H22ClN3O2/c1-20-8-6-16-14(15(20)3-4-19(20)27)12-18(24-25-23)17-11-13(26)5-9-21(16,17)7-2-10-22/h5,9,11,14-16,18H,3-4,6-8,12H2,1H3/t14-,15-,16-,18-,20-,21+/m0/s1. The van der Waals surface area contributed by atoms with Gasteiger partial charge in [0.15, 0.2) is 5.78 Å². The molecule has 140 valence electrons. The van der Waals surface area contributed by atoms with E-state index in [9.17, 15) is 9.59 Å². The summed E-state index contributed by atoms with van der Waals surface area (Å²) in [5, 5.41) is 6.54. The third kappa shape index (κ3) is 2.58. The maximum atomic E-state index is 12.6. The minimum absolute atomic E-state index is 0.0762. The quantitative estimate of drug-likeness (QED) is 0.299. The maximum absolute atomic E-state index is 12.6. The molecule has 0 spiro atoms. The number of fused-ring (bicyclic) bond motifs is 5. The smallest absolute Gasteiger partial charge is 0.178 e. The van der Waals surface area contributed by atoms with Crippen molar-refractivity contribution in [3.05, 3.63) is 34.2 Å². The van der Waals surface area contributed by atoms with Crippen LogP contribution in [0, 0.1) is 39.9 Å². The molecule has 0 heterocycles. The number of nitrogens with zero attached hydrogens (tertiary/aromatic N) is 3. The minimum Gasteiger partial charge on any atom is -0.299 e. The summed E-state index contributed by atoms with van der Waals surface area (Å²) in [5.74, 6) is 4.16. The van der Waals surface area contributed by atoms with Gasteiger partial charge >= 0.3 is 0 Å². The molecule has 27 heavy (non-hydrogen) atoms. The lowest BCUT2D eigenvalue weighted by molar-refractivity contribution is -0.131. The molecule has 0 unspecified atom stereocenters. The van der Waals surface area contributed by atoms with E-state index < -0.39 is 5.41 Å². The Kier molecular flexibility index (Phi) is 4.45. The highest BCUT2D eigenvalue weighted by Gasteiger charge is 2.61. The fraction of sp³-hybridized carbons (Fsp3) is 0.619. The fourth-order valence-corrected chi connectivity index (χ4v) is 6.53. The van der Waals surface area contributed by atoms with Crippen LogP contribution in [-0.2, 0) is 9.59 Å². The van der Waals surface area contributed by atoms with Crippen LogP contribution >= 0.6 is 11.6 Å². The summed E-state index contributed by atoms with van der Waals surface area (Å²) in [5.41, 5.74) is 9.31. The van der Waals surface area contributed by atoms with Crippen molar-refractivity contribution >= 4 is 23.2 Å². The average Bonchev–Trinajstić information content (AvgIpc) is 2.96. The second-order valence-electron chi connectivity index (χ2n) is 8.58. The first kappa shape index (κ1) is 18.3. The summed E-state index contributed by atoms with van der Waals surface area (Å²) in [6.45, 7) is 2.11. The second-order valence-corrected chi connectivity index (χ2v) is 8.76. The van der Waals surface area contributed by atoms with Gasteiger partial charge in [0.25, 0.3) is 0 Å². The van der Waals surface area contributed by atoms with Crippen LogP contribution in [0.4, 0.5) is 0 Å². The van der Waals surface area contributed by atoms with Crippen LogP contribution in [0.25, 0.3) is 10.4 Å². The molecule has 0 saturated heterocycles. The van der Waals surface area contributed by atoms with Gasteiger partial charge in [0, 0.05) is 34.0 Å². The molecule has 4 aliphatic rings. The van der Waals surface area contributed by atoms with E-state index >= 15 is 0 Å². The Bertz CT molecular complexity index is 876. The summed E-state index contributed by atoms with van der Waals surface area (Å²) in [6.07, 6.45) is 9.75. The van der Waals surface area contributed by atoms with Crippen molar-refractivity contribution in [2.45, 2.75) is 51.5 Å². The Morgan fingerprint density at radius 2 is 2.19 bits per heavy atom. The minimum atomic E-state index is -0.440. The maximum Gasteiger partial charge on any atom is 0.178 e. The van der Waals surface area contributed by atoms with Gasteiger partial charge in [-0.2, -0.15) is 0 Å².